The number of aromatic amines is 1. The standard InChI is InChI=1S/C30H27Cl2F7N4O/c1-16(8-19-15-41-27-5-3-22(33)13-24(19)27)40-7-6-18(17-2-4-25(31)26(32)9-17)14-42-28(44)43-23-11-20(29(34,35)36)10-21(12-23)30(37,38)39/h2-5,9-13,15-16,18,40-41H,6-8,14H2,1H3,(H2,42,43,44). The van der Waals surface area contributed by atoms with E-state index in [2.05, 4.69) is 20.9 Å². The molecule has 2 atom stereocenters. The SMILES string of the molecule is CC(Cc1c[nH]c2ccc(F)cc12)NCCC(CNC(=O)Nc1cc(C(F)(F)F)cc(C(F)(F)F)c1)c1ccc(Cl)c(Cl)c1. The molecule has 0 spiro atoms. The van der Waals surface area contributed by atoms with Crippen molar-refractivity contribution in [3.8, 4) is 0 Å². The topological polar surface area (TPSA) is 69.0 Å². The predicted molar refractivity (Wildman–Crippen MR) is 157 cm³/mol. The second-order valence-electron chi connectivity index (χ2n) is 10.4. The Kier molecular flexibility index (Phi) is 10.4. The van der Waals surface area contributed by atoms with Gasteiger partial charge < -0.3 is 20.9 Å². The number of amides is 2. The molecule has 0 aliphatic carbocycles. The number of hydrogen-bond donors (Lipinski definition) is 4. The van der Waals surface area contributed by atoms with Crippen LogP contribution in [0.2, 0.25) is 10.0 Å². The highest BCUT2D eigenvalue weighted by Gasteiger charge is 2.37. The predicted octanol–water partition coefficient (Wildman–Crippen LogP) is 9.17. The summed E-state index contributed by atoms with van der Waals surface area (Å²) in [5.41, 5.74) is -1.30. The number of carbonyl (C=O) groups is 1. The van der Waals surface area contributed by atoms with Crippen LogP contribution >= 0.6 is 23.2 Å². The van der Waals surface area contributed by atoms with Crippen LogP contribution in [-0.4, -0.2) is 30.1 Å². The first-order valence-corrected chi connectivity index (χ1v) is 14.1. The first-order valence-electron chi connectivity index (χ1n) is 13.4. The highest BCUT2D eigenvalue weighted by Crippen LogP contribution is 2.37. The zero-order valence-electron chi connectivity index (χ0n) is 23.1. The minimum absolute atomic E-state index is 0.0196. The largest absolute Gasteiger partial charge is 0.416 e. The molecule has 44 heavy (non-hydrogen) atoms. The highest BCUT2D eigenvalue weighted by atomic mass is 35.5. The van der Waals surface area contributed by atoms with Crippen LogP contribution < -0.4 is 16.0 Å². The van der Waals surface area contributed by atoms with Crippen molar-refractivity contribution in [2.24, 2.45) is 0 Å². The van der Waals surface area contributed by atoms with Crippen molar-refractivity contribution in [1.29, 1.82) is 0 Å². The van der Waals surface area contributed by atoms with E-state index in [1.807, 2.05) is 13.1 Å². The van der Waals surface area contributed by atoms with E-state index < -0.39 is 35.2 Å². The van der Waals surface area contributed by atoms with Crippen LogP contribution in [0, 0.1) is 5.82 Å². The summed E-state index contributed by atoms with van der Waals surface area (Å²) in [5.74, 6) is -0.696. The summed E-state index contributed by atoms with van der Waals surface area (Å²) < 4.78 is 93.0. The zero-order valence-corrected chi connectivity index (χ0v) is 24.6. The summed E-state index contributed by atoms with van der Waals surface area (Å²) in [6.07, 6.45) is -7.22. The van der Waals surface area contributed by atoms with E-state index in [1.54, 1.807) is 24.3 Å². The van der Waals surface area contributed by atoms with Crippen LogP contribution in [0.1, 0.15) is 41.5 Å². The average molecular weight is 663 g/mol. The van der Waals surface area contributed by atoms with E-state index in [4.69, 9.17) is 23.2 Å². The zero-order chi connectivity index (χ0) is 32.2. The molecule has 1 aromatic heterocycles. The van der Waals surface area contributed by atoms with Gasteiger partial charge in [-0.3, -0.25) is 0 Å². The van der Waals surface area contributed by atoms with Crippen molar-refractivity contribution < 1.29 is 35.5 Å². The molecule has 1 heterocycles. The van der Waals surface area contributed by atoms with Crippen LogP contribution in [0.25, 0.3) is 10.9 Å². The molecule has 2 amide bonds. The number of rotatable bonds is 10. The third-order valence-electron chi connectivity index (χ3n) is 7.01. The van der Waals surface area contributed by atoms with Gasteiger partial charge in [0.05, 0.1) is 21.2 Å². The van der Waals surface area contributed by atoms with Gasteiger partial charge in [-0.25, -0.2) is 9.18 Å². The molecule has 4 aromatic rings. The molecular weight excluding hydrogens is 636 g/mol. The molecule has 0 saturated carbocycles. The second kappa shape index (κ2) is 13.7. The molecule has 0 aliphatic rings. The second-order valence-corrected chi connectivity index (χ2v) is 11.2. The van der Waals surface area contributed by atoms with Gasteiger partial charge in [0.25, 0.3) is 0 Å². The number of aromatic nitrogens is 1. The van der Waals surface area contributed by atoms with Crippen LogP contribution in [0.3, 0.4) is 0 Å². The van der Waals surface area contributed by atoms with Crippen LogP contribution in [-0.2, 0) is 18.8 Å². The Morgan fingerprint density at radius 2 is 1.59 bits per heavy atom. The average Bonchev–Trinajstić information content (AvgIpc) is 3.32. The van der Waals surface area contributed by atoms with Crippen molar-refractivity contribution in [2.75, 3.05) is 18.4 Å². The van der Waals surface area contributed by atoms with E-state index in [-0.39, 0.29) is 35.4 Å². The molecule has 0 aliphatic heterocycles. The van der Waals surface area contributed by atoms with Gasteiger partial charge in [-0.05, 0) is 86.0 Å². The Morgan fingerprint density at radius 3 is 2.23 bits per heavy atom. The molecule has 0 bridgehead atoms. The summed E-state index contributed by atoms with van der Waals surface area (Å²) in [5, 5.41) is 9.35. The number of benzene rings is 3. The van der Waals surface area contributed by atoms with E-state index in [0.717, 1.165) is 16.5 Å². The van der Waals surface area contributed by atoms with Crippen molar-refractivity contribution in [3.63, 3.8) is 0 Å². The number of halogens is 9. The monoisotopic (exact) mass is 662 g/mol. The summed E-state index contributed by atoms with van der Waals surface area (Å²) in [6.45, 7) is 2.41. The number of alkyl halides is 6. The van der Waals surface area contributed by atoms with E-state index in [9.17, 15) is 35.5 Å². The summed E-state index contributed by atoms with van der Waals surface area (Å²) in [7, 11) is 0. The Bertz CT molecular complexity index is 1590. The molecule has 14 heteroatoms. The molecule has 3 aromatic carbocycles. The minimum atomic E-state index is -5.05. The smallest absolute Gasteiger partial charge is 0.361 e. The molecular formula is C30H27Cl2F7N4O. The van der Waals surface area contributed by atoms with Crippen LogP contribution in [0.5, 0.6) is 0 Å². The fourth-order valence-corrected chi connectivity index (χ4v) is 5.10. The number of H-pyrrole nitrogens is 1. The van der Waals surface area contributed by atoms with Gasteiger partial charge in [0.1, 0.15) is 5.82 Å². The Labute approximate surface area is 258 Å². The van der Waals surface area contributed by atoms with Crippen LogP contribution in [0.4, 0.5) is 41.2 Å². The maximum Gasteiger partial charge on any atom is 0.416 e. The molecule has 0 fully saturated rings. The Hall–Kier alpha value is -3.48. The molecule has 5 nitrogen and oxygen atoms in total. The lowest BCUT2D eigenvalue weighted by molar-refractivity contribution is -0.143. The van der Waals surface area contributed by atoms with E-state index >= 15 is 0 Å². The summed E-state index contributed by atoms with van der Waals surface area (Å²) >= 11 is 12.2. The minimum Gasteiger partial charge on any atom is -0.361 e. The third-order valence-corrected chi connectivity index (χ3v) is 7.75. The number of carbonyl (C=O) groups excluding carboxylic acids is 1. The van der Waals surface area contributed by atoms with Gasteiger partial charge in [-0.1, -0.05) is 29.3 Å². The normalized spacial score (nSPS) is 13.6. The first kappa shape index (κ1) is 33.4. The van der Waals surface area contributed by atoms with Gasteiger partial charge in [0.15, 0.2) is 0 Å². The van der Waals surface area contributed by atoms with E-state index in [1.165, 1.54) is 12.1 Å². The lowest BCUT2D eigenvalue weighted by atomic mass is 9.95. The Balaban J connectivity index is 1.41. The van der Waals surface area contributed by atoms with Gasteiger partial charge in [0, 0.05) is 41.3 Å². The van der Waals surface area contributed by atoms with Crippen LogP contribution in [0.15, 0.2) is 60.8 Å². The molecule has 0 saturated heterocycles. The molecule has 4 N–H and O–H groups in total. The Morgan fingerprint density at radius 1 is 0.909 bits per heavy atom. The fourth-order valence-electron chi connectivity index (χ4n) is 4.80. The van der Waals surface area contributed by atoms with Crippen molar-refractivity contribution >= 4 is 45.8 Å². The van der Waals surface area contributed by atoms with Gasteiger partial charge >= 0.3 is 18.4 Å². The van der Waals surface area contributed by atoms with Gasteiger partial charge in [0.2, 0.25) is 0 Å². The number of hydrogen-bond acceptors (Lipinski definition) is 2. The van der Waals surface area contributed by atoms with Crippen molar-refractivity contribution in [2.45, 2.75) is 44.1 Å². The summed E-state index contributed by atoms with van der Waals surface area (Å²) in [4.78, 5) is 15.7. The van der Waals surface area contributed by atoms with Crippen molar-refractivity contribution in [3.05, 3.63) is 98.9 Å². The first-order chi connectivity index (χ1) is 20.6. The maximum atomic E-state index is 13.7. The lowest BCUT2D eigenvalue weighted by Crippen LogP contribution is -2.35. The third kappa shape index (κ3) is 8.80. The van der Waals surface area contributed by atoms with Gasteiger partial charge in [-0.2, -0.15) is 26.3 Å². The van der Waals surface area contributed by atoms with E-state index in [0.29, 0.717) is 42.1 Å². The lowest BCUT2D eigenvalue weighted by Gasteiger charge is -2.21. The van der Waals surface area contributed by atoms with Gasteiger partial charge in [-0.15, -0.1) is 0 Å². The highest BCUT2D eigenvalue weighted by molar-refractivity contribution is 6.42. The number of fused-ring (bicyclic) bond motifs is 1. The number of anilines is 1. The maximum absolute atomic E-state index is 13.7. The molecule has 0 radical (unpaired) electrons. The fraction of sp³-hybridized carbons (Fsp3) is 0.300. The van der Waals surface area contributed by atoms with Crippen molar-refractivity contribution in [1.82, 2.24) is 15.6 Å². The number of urea groups is 1. The quantitative estimate of drug-likeness (QED) is 0.128. The molecule has 4 rings (SSSR count). The molecule has 236 valence electrons. The number of nitrogens with one attached hydrogen (secondary N) is 4. The summed E-state index contributed by atoms with van der Waals surface area (Å²) in [6, 6.07) is 9.26. The molecule has 2 unspecified atom stereocenters.